The molecule has 24 heavy (non-hydrogen) atoms. The molecular weight excluding hydrogens is 308 g/mol. The van der Waals surface area contributed by atoms with Gasteiger partial charge in [-0.15, -0.1) is 0 Å². The maximum absolute atomic E-state index is 11.5. The van der Waals surface area contributed by atoms with Gasteiger partial charge in [-0.25, -0.2) is 0 Å². The van der Waals surface area contributed by atoms with Crippen LogP contribution < -0.4 is 10.6 Å². The highest BCUT2D eigenvalue weighted by atomic mass is 16.3. The molecule has 0 fully saturated rings. The summed E-state index contributed by atoms with van der Waals surface area (Å²) in [6.45, 7) is 1.11. The van der Waals surface area contributed by atoms with Crippen LogP contribution in [-0.4, -0.2) is 24.9 Å². The summed E-state index contributed by atoms with van der Waals surface area (Å²) in [5.74, 6) is 0.930. The summed E-state index contributed by atoms with van der Waals surface area (Å²) in [7, 11) is 0. The van der Waals surface area contributed by atoms with Crippen molar-refractivity contribution in [2.45, 2.75) is 12.8 Å². The zero-order chi connectivity index (χ0) is 17.0. The molecule has 0 saturated carbocycles. The van der Waals surface area contributed by atoms with E-state index in [0.29, 0.717) is 24.6 Å². The molecule has 0 saturated heterocycles. The van der Waals surface area contributed by atoms with Crippen LogP contribution in [0.25, 0.3) is 12.2 Å². The van der Waals surface area contributed by atoms with E-state index in [0.717, 1.165) is 12.8 Å². The summed E-state index contributed by atoms with van der Waals surface area (Å²) in [4.78, 5) is 23.1. The molecule has 2 heterocycles. The lowest BCUT2D eigenvalue weighted by atomic mass is 10.3. The SMILES string of the molecule is O=C(C=Cc1ccco1)NCCCCNC(=O)C=Cc1ccco1. The Bertz CT molecular complexity index is 610. The molecule has 2 rings (SSSR count). The summed E-state index contributed by atoms with van der Waals surface area (Å²) < 4.78 is 10.2. The number of unbranched alkanes of at least 4 members (excludes halogenated alkanes) is 1. The maximum atomic E-state index is 11.5. The van der Waals surface area contributed by atoms with E-state index in [4.69, 9.17) is 8.83 Å². The quantitative estimate of drug-likeness (QED) is 0.547. The van der Waals surface area contributed by atoms with Crippen molar-refractivity contribution in [3.63, 3.8) is 0 Å². The minimum absolute atomic E-state index is 0.170. The summed E-state index contributed by atoms with van der Waals surface area (Å²) in [5.41, 5.74) is 0. The average molecular weight is 328 g/mol. The second-order valence-electron chi connectivity index (χ2n) is 4.99. The molecule has 0 bridgehead atoms. The van der Waals surface area contributed by atoms with Crippen molar-refractivity contribution < 1.29 is 18.4 Å². The van der Waals surface area contributed by atoms with Gasteiger partial charge in [0.2, 0.25) is 11.8 Å². The van der Waals surface area contributed by atoms with Crippen LogP contribution in [0.4, 0.5) is 0 Å². The van der Waals surface area contributed by atoms with Crippen LogP contribution in [0.5, 0.6) is 0 Å². The fourth-order valence-corrected chi connectivity index (χ4v) is 1.88. The van der Waals surface area contributed by atoms with E-state index in [1.807, 2.05) is 0 Å². The van der Waals surface area contributed by atoms with Gasteiger partial charge in [0.1, 0.15) is 11.5 Å². The molecule has 0 unspecified atom stereocenters. The molecule has 0 radical (unpaired) electrons. The summed E-state index contributed by atoms with van der Waals surface area (Å²) in [5, 5.41) is 5.54. The molecule has 0 spiro atoms. The van der Waals surface area contributed by atoms with E-state index < -0.39 is 0 Å². The summed E-state index contributed by atoms with van der Waals surface area (Å²) in [6, 6.07) is 7.06. The third kappa shape index (κ3) is 6.83. The van der Waals surface area contributed by atoms with Gasteiger partial charge in [0.25, 0.3) is 0 Å². The van der Waals surface area contributed by atoms with Crippen LogP contribution in [0, 0.1) is 0 Å². The molecule has 2 aromatic heterocycles. The molecule has 0 aliphatic carbocycles. The van der Waals surface area contributed by atoms with Crippen LogP contribution in [0.3, 0.4) is 0 Å². The van der Waals surface area contributed by atoms with Crippen molar-refractivity contribution in [1.29, 1.82) is 0 Å². The number of hydrogen-bond donors (Lipinski definition) is 2. The number of carbonyl (C=O) groups excluding carboxylic acids is 2. The van der Waals surface area contributed by atoms with Crippen LogP contribution in [0.15, 0.2) is 57.8 Å². The van der Waals surface area contributed by atoms with Crippen LogP contribution in [0.1, 0.15) is 24.4 Å². The van der Waals surface area contributed by atoms with Crippen molar-refractivity contribution in [1.82, 2.24) is 10.6 Å². The van der Waals surface area contributed by atoms with Gasteiger partial charge in [0.15, 0.2) is 0 Å². The number of furan rings is 2. The second kappa shape index (κ2) is 9.89. The van der Waals surface area contributed by atoms with Gasteiger partial charge in [-0.05, 0) is 49.3 Å². The lowest BCUT2D eigenvalue weighted by Crippen LogP contribution is -2.25. The molecule has 6 nitrogen and oxygen atoms in total. The highest BCUT2D eigenvalue weighted by molar-refractivity contribution is 5.91. The van der Waals surface area contributed by atoms with Crippen molar-refractivity contribution in [2.24, 2.45) is 0 Å². The average Bonchev–Trinajstić information content (AvgIpc) is 3.27. The fraction of sp³-hybridized carbons (Fsp3) is 0.222. The zero-order valence-electron chi connectivity index (χ0n) is 13.2. The van der Waals surface area contributed by atoms with Gasteiger partial charge >= 0.3 is 0 Å². The largest absolute Gasteiger partial charge is 0.465 e. The van der Waals surface area contributed by atoms with E-state index in [-0.39, 0.29) is 11.8 Å². The van der Waals surface area contributed by atoms with Gasteiger partial charge in [0.05, 0.1) is 12.5 Å². The third-order valence-corrected chi connectivity index (χ3v) is 3.09. The highest BCUT2D eigenvalue weighted by Gasteiger charge is 1.98. The molecule has 0 atom stereocenters. The first-order chi connectivity index (χ1) is 11.7. The van der Waals surface area contributed by atoms with Gasteiger partial charge < -0.3 is 19.5 Å². The molecular formula is C18H20N2O4. The van der Waals surface area contributed by atoms with Gasteiger partial charge in [-0.2, -0.15) is 0 Å². The minimum atomic E-state index is -0.170. The minimum Gasteiger partial charge on any atom is -0.465 e. The van der Waals surface area contributed by atoms with Crippen LogP contribution in [0.2, 0.25) is 0 Å². The monoisotopic (exact) mass is 328 g/mol. The lowest BCUT2D eigenvalue weighted by Gasteiger charge is -2.03. The van der Waals surface area contributed by atoms with E-state index in [9.17, 15) is 9.59 Å². The van der Waals surface area contributed by atoms with E-state index in [2.05, 4.69) is 10.6 Å². The Kier molecular flexibility index (Phi) is 7.14. The Balaban J connectivity index is 1.50. The smallest absolute Gasteiger partial charge is 0.244 e. The van der Waals surface area contributed by atoms with Gasteiger partial charge in [0, 0.05) is 25.2 Å². The Morgan fingerprint density at radius 1 is 0.833 bits per heavy atom. The van der Waals surface area contributed by atoms with E-state index >= 15 is 0 Å². The van der Waals surface area contributed by atoms with Crippen LogP contribution >= 0.6 is 0 Å². The van der Waals surface area contributed by atoms with Gasteiger partial charge in [-0.1, -0.05) is 0 Å². The second-order valence-corrected chi connectivity index (χ2v) is 4.99. The lowest BCUT2D eigenvalue weighted by molar-refractivity contribution is -0.117. The maximum Gasteiger partial charge on any atom is 0.244 e. The molecule has 2 amide bonds. The fourth-order valence-electron chi connectivity index (χ4n) is 1.88. The van der Waals surface area contributed by atoms with Crippen molar-refractivity contribution in [3.05, 3.63) is 60.5 Å². The van der Waals surface area contributed by atoms with E-state index in [1.54, 1.807) is 48.9 Å². The topological polar surface area (TPSA) is 84.5 Å². The van der Waals surface area contributed by atoms with Crippen molar-refractivity contribution in [3.8, 4) is 0 Å². The van der Waals surface area contributed by atoms with Gasteiger partial charge in [-0.3, -0.25) is 9.59 Å². The molecule has 2 N–H and O–H groups in total. The molecule has 0 aliphatic rings. The Hall–Kier alpha value is -3.02. The first-order valence-electron chi connectivity index (χ1n) is 7.73. The Labute approximate surface area is 140 Å². The number of rotatable bonds is 9. The third-order valence-electron chi connectivity index (χ3n) is 3.09. The normalized spacial score (nSPS) is 11.2. The number of carbonyl (C=O) groups is 2. The van der Waals surface area contributed by atoms with Crippen LogP contribution in [-0.2, 0) is 9.59 Å². The molecule has 0 aromatic carbocycles. The molecule has 126 valence electrons. The molecule has 2 aromatic rings. The Morgan fingerprint density at radius 2 is 1.29 bits per heavy atom. The first-order valence-corrected chi connectivity index (χ1v) is 7.73. The zero-order valence-corrected chi connectivity index (χ0v) is 13.2. The standard InChI is InChI=1S/C18H20N2O4/c21-17(9-7-15-5-3-13-23-15)19-11-1-2-12-20-18(22)10-8-16-6-4-14-24-16/h3-10,13-14H,1-2,11-12H2,(H,19,21)(H,20,22). The highest BCUT2D eigenvalue weighted by Crippen LogP contribution is 2.02. The van der Waals surface area contributed by atoms with Crippen molar-refractivity contribution in [2.75, 3.05) is 13.1 Å². The number of amides is 2. The molecule has 0 aliphatic heterocycles. The predicted octanol–water partition coefficient (Wildman–Crippen LogP) is 2.61. The number of nitrogens with one attached hydrogen (secondary N) is 2. The summed E-state index contributed by atoms with van der Waals surface area (Å²) >= 11 is 0. The van der Waals surface area contributed by atoms with E-state index in [1.165, 1.54) is 12.2 Å². The molecule has 6 heteroatoms. The first kappa shape index (κ1) is 17.3. The van der Waals surface area contributed by atoms with Crippen molar-refractivity contribution >= 4 is 24.0 Å². The summed E-state index contributed by atoms with van der Waals surface area (Å²) in [6.07, 6.45) is 10.7. The predicted molar refractivity (Wildman–Crippen MR) is 90.7 cm³/mol. The number of hydrogen-bond acceptors (Lipinski definition) is 4. The Morgan fingerprint density at radius 3 is 1.67 bits per heavy atom.